The Balaban J connectivity index is 2.58. The molecular weight excluding hydrogens is 250 g/mol. The molecule has 1 aromatic heterocycles. The third-order valence-corrected chi connectivity index (χ3v) is 3.42. The molecule has 17 heavy (non-hydrogen) atoms. The summed E-state index contributed by atoms with van der Waals surface area (Å²) in [5, 5.41) is 18.0. The van der Waals surface area contributed by atoms with Gasteiger partial charge in [-0.3, -0.25) is 14.4 Å². The fourth-order valence-electron chi connectivity index (χ4n) is 2.01. The summed E-state index contributed by atoms with van der Waals surface area (Å²) in [5.41, 5.74) is -1.70. The molecule has 3 N–H and O–H groups in total. The summed E-state index contributed by atoms with van der Waals surface area (Å²) >= 11 is 5.75. The number of carboxylic acid groups (broad SMARTS) is 2. The average Bonchev–Trinajstić information content (AvgIpc) is 2.65. The van der Waals surface area contributed by atoms with Crippen molar-refractivity contribution in [2.24, 2.45) is 5.41 Å². The highest BCUT2D eigenvalue weighted by Gasteiger charge is 2.51. The highest BCUT2D eigenvalue weighted by atomic mass is 35.5. The zero-order valence-corrected chi connectivity index (χ0v) is 9.24. The minimum Gasteiger partial charge on any atom is -0.480 e. The quantitative estimate of drug-likeness (QED) is 0.660. The fraction of sp³-hybridized carbons (Fsp3) is 0.300. The van der Waals surface area contributed by atoms with Crippen molar-refractivity contribution in [2.45, 2.75) is 12.8 Å². The predicted molar refractivity (Wildman–Crippen MR) is 57.2 cm³/mol. The van der Waals surface area contributed by atoms with Gasteiger partial charge in [-0.2, -0.15) is 0 Å². The van der Waals surface area contributed by atoms with Crippen molar-refractivity contribution >= 4 is 23.5 Å². The molecule has 0 unspecified atom stereocenters. The Bertz CT molecular complexity index is 563. The number of halogens is 1. The van der Waals surface area contributed by atoms with Crippen LogP contribution in [0.2, 0.25) is 5.02 Å². The van der Waals surface area contributed by atoms with Crippen LogP contribution in [0, 0.1) is 5.41 Å². The van der Waals surface area contributed by atoms with Crippen LogP contribution in [0.25, 0.3) is 0 Å². The van der Waals surface area contributed by atoms with E-state index in [0.29, 0.717) is 11.1 Å². The minimum atomic E-state index is -1.92. The van der Waals surface area contributed by atoms with Gasteiger partial charge in [-0.1, -0.05) is 11.6 Å². The fourth-order valence-corrected chi connectivity index (χ4v) is 2.26. The SMILES string of the molecule is O=C(O)C1(C(=O)O)Cc2c[nH]c(=O)c(Cl)c2C1. The number of fused-ring (bicyclic) bond motifs is 1. The smallest absolute Gasteiger partial charge is 0.321 e. The molecule has 1 aliphatic rings. The summed E-state index contributed by atoms with van der Waals surface area (Å²) < 4.78 is 0. The monoisotopic (exact) mass is 257 g/mol. The van der Waals surface area contributed by atoms with Crippen LogP contribution in [-0.4, -0.2) is 27.1 Å². The van der Waals surface area contributed by atoms with Gasteiger partial charge in [-0.05, 0) is 11.1 Å². The molecular formula is C10H8ClNO5. The van der Waals surface area contributed by atoms with Gasteiger partial charge in [0, 0.05) is 19.0 Å². The van der Waals surface area contributed by atoms with Gasteiger partial charge in [-0.15, -0.1) is 0 Å². The Morgan fingerprint density at radius 1 is 1.29 bits per heavy atom. The van der Waals surface area contributed by atoms with Crippen LogP contribution in [0.4, 0.5) is 0 Å². The molecule has 0 aromatic carbocycles. The lowest BCUT2D eigenvalue weighted by Crippen LogP contribution is -2.40. The van der Waals surface area contributed by atoms with Crippen LogP contribution >= 0.6 is 11.6 Å². The number of carbonyl (C=O) groups is 2. The second kappa shape index (κ2) is 3.59. The van der Waals surface area contributed by atoms with Crippen LogP contribution < -0.4 is 5.56 Å². The Morgan fingerprint density at radius 2 is 1.88 bits per heavy atom. The molecule has 1 aromatic rings. The maximum absolute atomic E-state index is 11.2. The number of carboxylic acids is 2. The summed E-state index contributed by atoms with van der Waals surface area (Å²) in [6, 6.07) is 0. The first kappa shape index (κ1) is 11.7. The van der Waals surface area contributed by atoms with Crippen LogP contribution in [0.15, 0.2) is 11.0 Å². The van der Waals surface area contributed by atoms with Crippen LogP contribution in [0.5, 0.6) is 0 Å². The van der Waals surface area contributed by atoms with Gasteiger partial charge in [0.25, 0.3) is 5.56 Å². The zero-order chi connectivity index (χ0) is 12.8. The second-order valence-electron chi connectivity index (χ2n) is 3.98. The van der Waals surface area contributed by atoms with E-state index in [1.165, 1.54) is 6.20 Å². The van der Waals surface area contributed by atoms with Crippen molar-refractivity contribution in [1.29, 1.82) is 0 Å². The van der Waals surface area contributed by atoms with E-state index >= 15 is 0 Å². The summed E-state index contributed by atoms with van der Waals surface area (Å²) in [7, 11) is 0. The molecule has 90 valence electrons. The Morgan fingerprint density at radius 3 is 2.41 bits per heavy atom. The summed E-state index contributed by atoms with van der Waals surface area (Å²) in [6.45, 7) is 0. The molecule has 1 aliphatic carbocycles. The molecule has 0 saturated heterocycles. The van der Waals surface area contributed by atoms with Crippen molar-refractivity contribution in [3.63, 3.8) is 0 Å². The van der Waals surface area contributed by atoms with E-state index in [1.807, 2.05) is 0 Å². The number of aromatic amines is 1. The molecule has 0 spiro atoms. The number of pyridine rings is 1. The molecule has 0 fully saturated rings. The van der Waals surface area contributed by atoms with Crippen LogP contribution in [0.3, 0.4) is 0 Å². The lowest BCUT2D eigenvalue weighted by molar-refractivity contribution is -0.163. The van der Waals surface area contributed by atoms with E-state index in [0.717, 1.165) is 0 Å². The van der Waals surface area contributed by atoms with Gasteiger partial charge in [0.2, 0.25) is 0 Å². The molecule has 0 radical (unpaired) electrons. The van der Waals surface area contributed by atoms with Crippen LogP contribution in [-0.2, 0) is 22.4 Å². The van der Waals surface area contributed by atoms with Gasteiger partial charge < -0.3 is 15.2 Å². The second-order valence-corrected chi connectivity index (χ2v) is 4.36. The lowest BCUT2D eigenvalue weighted by Gasteiger charge is -2.17. The first-order valence-electron chi connectivity index (χ1n) is 4.74. The molecule has 2 rings (SSSR count). The van der Waals surface area contributed by atoms with E-state index < -0.39 is 22.9 Å². The predicted octanol–water partition coefficient (Wildman–Crippen LogP) is 0.283. The normalized spacial score (nSPS) is 16.5. The van der Waals surface area contributed by atoms with E-state index in [9.17, 15) is 14.4 Å². The van der Waals surface area contributed by atoms with Gasteiger partial charge in [0.1, 0.15) is 5.02 Å². The molecule has 6 nitrogen and oxygen atoms in total. The van der Waals surface area contributed by atoms with E-state index in [-0.39, 0.29) is 17.9 Å². The third-order valence-electron chi connectivity index (χ3n) is 3.02. The number of H-pyrrole nitrogens is 1. The molecule has 0 saturated carbocycles. The summed E-state index contributed by atoms with van der Waals surface area (Å²) in [4.78, 5) is 35.8. The van der Waals surface area contributed by atoms with E-state index in [1.54, 1.807) is 0 Å². The van der Waals surface area contributed by atoms with Crippen LogP contribution in [0.1, 0.15) is 11.1 Å². The zero-order valence-electron chi connectivity index (χ0n) is 8.49. The van der Waals surface area contributed by atoms with Crippen molar-refractivity contribution < 1.29 is 19.8 Å². The standard InChI is InChI=1S/C10H8ClNO5/c11-6-5-2-10(8(14)15,9(16)17)1-4(5)3-12-7(6)13/h3H,1-2H2,(H,12,13)(H,14,15)(H,16,17). The number of aliphatic carboxylic acids is 2. The molecule has 0 aliphatic heterocycles. The van der Waals surface area contributed by atoms with E-state index in [4.69, 9.17) is 21.8 Å². The first-order chi connectivity index (χ1) is 7.88. The van der Waals surface area contributed by atoms with Gasteiger partial charge in [-0.25, -0.2) is 0 Å². The molecule has 0 bridgehead atoms. The van der Waals surface area contributed by atoms with E-state index in [2.05, 4.69) is 4.98 Å². The lowest BCUT2D eigenvalue weighted by atomic mass is 9.85. The van der Waals surface area contributed by atoms with Crippen molar-refractivity contribution in [1.82, 2.24) is 4.98 Å². The highest BCUT2D eigenvalue weighted by molar-refractivity contribution is 6.31. The highest BCUT2D eigenvalue weighted by Crippen LogP contribution is 2.39. The summed E-state index contributed by atoms with van der Waals surface area (Å²) in [5.74, 6) is -2.85. The van der Waals surface area contributed by atoms with Gasteiger partial charge >= 0.3 is 11.9 Å². The van der Waals surface area contributed by atoms with Crippen molar-refractivity contribution in [3.05, 3.63) is 32.7 Å². The maximum Gasteiger partial charge on any atom is 0.321 e. The Hall–Kier alpha value is -1.82. The summed E-state index contributed by atoms with van der Waals surface area (Å²) in [6.07, 6.45) is 0.871. The van der Waals surface area contributed by atoms with Gasteiger partial charge in [0.05, 0.1) is 0 Å². The maximum atomic E-state index is 11.2. The van der Waals surface area contributed by atoms with Crippen molar-refractivity contribution in [2.75, 3.05) is 0 Å². The topological polar surface area (TPSA) is 107 Å². The number of rotatable bonds is 2. The molecule has 1 heterocycles. The largest absolute Gasteiger partial charge is 0.480 e. The Kier molecular flexibility index (Phi) is 2.46. The number of aromatic nitrogens is 1. The van der Waals surface area contributed by atoms with Gasteiger partial charge in [0.15, 0.2) is 5.41 Å². The third kappa shape index (κ3) is 1.52. The molecule has 0 amide bonds. The molecule has 7 heteroatoms. The minimum absolute atomic E-state index is 0.133. The number of hydrogen-bond acceptors (Lipinski definition) is 3. The molecule has 0 atom stereocenters. The number of nitrogens with one attached hydrogen (secondary N) is 1. The Labute approximate surface area is 99.8 Å². The average molecular weight is 258 g/mol. The first-order valence-corrected chi connectivity index (χ1v) is 5.12. The van der Waals surface area contributed by atoms with Crippen molar-refractivity contribution in [3.8, 4) is 0 Å². The number of hydrogen-bond donors (Lipinski definition) is 3.